The van der Waals surface area contributed by atoms with Crippen LogP contribution in [-0.2, 0) is 19.1 Å². The van der Waals surface area contributed by atoms with Crippen molar-refractivity contribution in [3.05, 3.63) is 29.8 Å². The van der Waals surface area contributed by atoms with E-state index in [4.69, 9.17) is 9.47 Å². The lowest BCUT2D eigenvalue weighted by Gasteiger charge is -2.15. The van der Waals surface area contributed by atoms with Crippen LogP contribution in [-0.4, -0.2) is 56.1 Å². The molecule has 0 aromatic heterocycles. The summed E-state index contributed by atoms with van der Waals surface area (Å²) < 4.78 is 10.1. The van der Waals surface area contributed by atoms with Crippen LogP contribution in [0.2, 0.25) is 0 Å². The van der Waals surface area contributed by atoms with Crippen LogP contribution < -0.4 is 5.32 Å². The lowest BCUT2D eigenvalue weighted by atomic mass is 10.1. The second kappa shape index (κ2) is 9.33. The van der Waals surface area contributed by atoms with Crippen LogP contribution in [0.25, 0.3) is 0 Å². The number of nitrogens with zero attached hydrogens (tertiary/aromatic N) is 1. The fraction of sp³-hybridized carbons (Fsp3) is 0.526. The van der Waals surface area contributed by atoms with Gasteiger partial charge in [0.25, 0.3) is 0 Å². The summed E-state index contributed by atoms with van der Waals surface area (Å²) in [6, 6.07) is 6.54. The summed E-state index contributed by atoms with van der Waals surface area (Å²) in [4.78, 5) is 37.8. The normalized spacial score (nSPS) is 16.8. The Kier molecular flexibility index (Phi) is 7.15. The molecule has 7 nitrogen and oxygen atoms in total. The summed E-state index contributed by atoms with van der Waals surface area (Å²) in [5.41, 5.74) is 1.02. The first-order chi connectivity index (χ1) is 12.4. The fourth-order valence-corrected chi connectivity index (χ4v) is 2.63. The molecule has 1 saturated heterocycles. The van der Waals surface area contributed by atoms with Gasteiger partial charge in [0.15, 0.2) is 0 Å². The smallest absolute Gasteiger partial charge is 0.338 e. The van der Waals surface area contributed by atoms with E-state index in [1.165, 1.54) is 0 Å². The third kappa shape index (κ3) is 5.56. The van der Waals surface area contributed by atoms with E-state index in [1.54, 1.807) is 36.3 Å². The molecule has 1 atom stereocenters. The Morgan fingerprint density at radius 3 is 2.58 bits per heavy atom. The number of nitrogens with one attached hydrogen (secondary N) is 1. The van der Waals surface area contributed by atoms with Gasteiger partial charge in [-0.3, -0.25) is 9.59 Å². The first kappa shape index (κ1) is 19.9. The highest BCUT2D eigenvalue weighted by molar-refractivity contribution is 5.97. The van der Waals surface area contributed by atoms with Gasteiger partial charge >= 0.3 is 5.97 Å². The van der Waals surface area contributed by atoms with Crippen molar-refractivity contribution in [1.82, 2.24) is 4.90 Å². The SMILES string of the molecule is COCCN1CC(C(=O)Nc2ccc(C(=O)OCC(C)C)cc2)CC1=O. The largest absolute Gasteiger partial charge is 0.462 e. The van der Waals surface area contributed by atoms with Gasteiger partial charge in [0.2, 0.25) is 11.8 Å². The third-order valence-corrected chi connectivity index (χ3v) is 4.09. The van der Waals surface area contributed by atoms with Gasteiger partial charge in [0.05, 0.1) is 24.7 Å². The Morgan fingerprint density at radius 1 is 1.27 bits per heavy atom. The number of hydrogen-bond donors (Lipinski definition) is 1. The number of hydrogen-bond acceptors (Lipinski definition) is 5. The van der Waals surface area contributed by atoms with E-state index in [2.05, 4.69) is 5.32 Å². The molecule has 26 heavy (non-hydrogen) atoms. The first-order valence-electron chi connectivity index (χ1n) is 8.75. The van der Waals surface area contributed by atoms with Crippen molar-refractivity contribution in [2.75, 3.05) is 38.7 Å². The molecule has 1 aromatic rings. The fourth-order valence-electron chi connectivity index (χ4n) is 2.63. The Balaban J connectivity index is 1.87. The molecule has 1 N–H and O–H groups in total. The van der Waals surface area contributed by atoms with Gasteiger partial charge in [-0.05, 0) is 30.2 Å². The standard InChI is InChI=1S/C19H26N2O5/c1-13(2)12-26-19(24)14-4-6-16(7-5-14)20-18(23)15-10-17(22)21(11-15)8-9-25-3/h4-7,13,15H,8-12H2,1-3H3,(H,20,23). The maximum absolute atomic E-state index is 12.4. The van der Waals surface area contributed by atoms with Gasteiger partial charge in [-0.1, -0.05) is 13.8 Å². The number of methoxy groups -OCH3 is 1. The second-order valence-electron chi connectivity index (χ2n) is 6.79. The molecule has 1 aliphatic rings. The van der Waals surface area contributed by atoms with Crippen molar-refractivity contribution in [2.24, 2.45) is 11.8 Å². The second-order valence-corrected chi connectivity index (χ2v) is 6.79. The number of rotatable bonds is 8. The Hall–Kier alpha value is -2.41. The van der Waals surface area contributed by atoms with Crippen LogP contribution in [0.3, 0.4) is 0 Å². The average Bonchev–Trinajstić information content (AvgIpc) is 2.99. The van der Waals surface area contributed by atoms with Crippen molar-refractivity contribution in [3.8, 4) is 0 Å². The predicted molar refractivity (Wildman–Crippen MR) is 96.8 cm³/mol. The van der Waals surface area contributed by atoms with Gasteiger partial charge in [0.1, 0.15) is 0 Å². The van der Waals surface area contributed by atoms with E-state index in [9.17, 15) is 14.4 Å². The molecule has 2 amide bonds. The Morgan fingerprint density at radius 2 is 1.96 bits per heavy atom. The molecule has 0 spiro atoms. The maximum atomic E-state index is 12.4. The number of amides is 2. The Labute approximate surface area is 153 Å². The van der Waals surface area contributed by atoms with E-state index in [0.29, 0.717) is 37.6 Å². The first-order valence-corrected chi connectivity index (χ1v) is 8.75. The molecule has 1 fully saturated rings. The van der Waals surface area contributed by atoms with Gasteiger partial charge < -0.3 is 19.7 Å². The quantitative estimate of drug-likeness (QED) is 0.714. The van der Waals surface area contributed by atoms with E-state index < -0.39 is 0 Å². The molecule has 0 saturated carbocycles. The van der Waals surface area contributed by atoms with Gasteiger partial charge in [0, 0.05) is 32.3 Å². The molecule has 142 valence electrons. The summed E-state index contributed by atoms with van der Waals surface area (Å²) in [7, 11) is 1.58. The average molecular weight is 362 g/mol. The predicted octanol–water partition coefficient (Wildman–Crippen LogP) is 1.93. The highest BCUT2D eigenvalue weighted by Crippen LogP contribution is 2.20. The highest BCUT2D eigenvalue weighted by Gasteiger charge is 2.33. The lowest BCUT2D eigenvalue weighted by molar-refractivity contribution is -0.128. The molecule has 1 heterocycles. The minimum absolute atomic E-state index is 0.0366. The summed E-state index contributed by atoms with van der Waals surface area (Å²) >= 11 is 0. The van der Waals surface area contributed by atoms with Crippen LogP contribution in [0, 0.1) is 11.8 Å². The topological polar surface area (TPSA) is 84.9 Å². The zero-order valence-electron chi connectivity index (χ0n) is 15.5. The summed E-state index contributed by atoms with van der Waals surface area (Å²) in [5, 5.41) is 2.80. The number of esters is 1. The van der Waals surface area contributed by atoms with Gasteiger partial charge in [-0.25, -0.2) is 4.79 Å². The van der Waals surface area contributed by atoms with Crippen molar-refractivity contribution in [3.63, 3.8) is 0 Å². The Bertz CT molecular complexity index is 642. The number of anilines is 1. The molecular formula is C19H26N2O5. The van der Waals surface area contributed by atoms with Crippen molar-refractivity contribution >= 4 is 23.5 Å². The maximum Gasteiger partial charge on any atom is 0.338 e. The molecule has 0 bridgehead atoms. The minimum atomic E-state index is -0.383. The lowest BCUT2D eigenvalue weighted by Crippen LogP contribution is -2.30. The molecule has 1 aromatic carbocycles. The van der Waals surface area contributed by atoms with Crippen LogP contribution in [0.15, 0.2) is 24.3 Å². The minimum Gasteiger partial charge on any atom is -0.462 e. The van der Waals surface area contributed by atoms with E-state index in [1.807, 2.05) is 13.8 Å². The van der Waals surface area contributed by atoms with Crippen molar-refractivity contribution < 1.29 is 23.9 Å². The molecular weight excluding hydrogens is 336 g/mol. The van der Waals surface area contributed by atoms with Crippen LogP contribution in [0.5, 0.6) is 0 Å². The van der Waals surface area contributed by atoms with E-state index >= 15 is 0 Å². The van der Waals surface area contributed by atoms with Crippen LogP contribution >= 0.6 is 0 Å². The zero-order valence-corrected chi connectivity index (χ0v) is 15.5. The number of carbonyl (C=O) groups excluding carboxylic acids is 3. The molecule has 0 aliphatic carbocycles. The third-order valence-electron chi connectivity index (χ3n) is 4.09. The highest BCUT2D eigenvalue weighted by atomic mass is 16.5. The monoisotopic (exact) mass is 362 g/mol. The zero-order chi connectivity index (χ0) is 19.1. The van der Waals surface area contributed by atoms with Crippen molar-refractivity contribution in [2.45, 2.75) is 20.3 Å². The molecule has 0 radical (unpaired) electrons. The van der Waals surface area contributed by atoms with Crippen molar-refractivity contribution in [1.29, 1.82) is 0 Å². The summed E-state index contributed by atoms with van der Waals surface area (Å²) in [6.45, 7) is 5.65. The van der Waals surface area contributed by atoms with E-state index in [0.717, 1.165) is 0 Å². The van der Waals surface area contributed by atoms with Crippen LogP contribution in [0.1, 0.15) is 30.6 Å². The summed E-state index contributed by atoms with van der Waals surface area (Å²) in [6.07, 6.45) is 0.204. The molecule has 7 heteroatoms. The van der Waals surface area contributed by atoms with E-state index in [-0.39, 0.29) is 36.0 Å². The summed E-state index contributed by atoms with van der Waals surface area (Å²) in [5.74, 6) is -0.726. The van der Waals surface area contributed by atoms with Crippen LogP contribution in [0.4, 0.5) is 5.69 Å². The molecule has 2 rings (SSSR count). The number of carbonyl (C=O) groups is 3. The van der Waals surface area contributed by atoms with Gasteiger partial charge in [-0.15, -0.1) is 0 Å². The number of benzene rings is 1. The molecule has 1 aliphatic heterocycles. The number of likely N-dealkylation sites (tertiary alicyclic amines) is 1. The van der Waals surface area contributed by atoms with Gasteiger partial charge in [-0.2, -0.15) is 0 Å². The number of ether oxygens (including phenoxy) is 2. The molecule has 1 unspecified atom stereocenters.